The molecule has 1 aromatic heterocycles. The van der Waals surface area contributed by atoms with E-state index >= 15 is 0 Å². The number of phenolic OH excluding ortho intramolecular Hbond substituents is 3. The molecular weight excluding hydrogens is 827 g/mol. The van der Waals surface area contributed by atoms with E-state index in [2.05, 4.69) is 37.2 Å². The molecule has 9 atom stereocenters. The molecule has 4 aromatic rings. The Morgan fingerprint density at radius 3 is 2.53 bits per heavy atom. The summed E-state index contributed by atoms with van der Waals surface area (Å²) in [6.07, 6.45) is 11.5. The van der Waals surface area contributed by atoms with Gasteiger partial charge in [0.25, 0.3) is 0 Å². The van der Waals surface area contributed by atoms with E-state index in [9.17, 15) is 30.6 Å². The van der Waals surface area contributed by atoms with Gasteiger partial charge >= 0.3 is 0 Å². The second-order valence-corrected chi connectivity index (χ2v) is 21.6. The van der Waals surface area contributed by atoms with Gasteiger partial charge in [-0.2, -0.15) is 0 Å². The van der Waals surface area contributed by atoms with Gasteiger partial charge < -0.3 is 54.6 Å². The number of fused-ring (bicyclic) bond motifs is 10. The van der Waals surface area contributed by atoms with Crippen LogP contribution in [0.1, 0.15) is 111 Å². The number of methoxy groups -OCH3 is 1. The van der Waals surface area contributed by atoms with Gasteiger partial charge in [-0.15, -0.1) is 0 Å². The van der Waals surface area contributed by atoms with Crippen LogP contribution in [0.3, 0.4) is 0 Å². The number of nitrogens with one attached hydrogen (secondary N) is 1. The Labute approximate surface area is 370 Å². The lowest BCUT2D eigenvalue weighted by Gasteiger charge is -2.59. The van der Waals surface area contributed by atoms with Gasteiger partial charge in [-0.25, -0.2) is 0 Å². The number of aromatic amines is 1. The Morgan fingerprint density at radius 1 is 0.935 bits per heavy atom. The molecule has 13 heteroatoms. The van der Waals surface area contributed by atoms with Crippen molar-refractivity contribution in [1.29, 1.82) is 0 Å². The summed E-state index contributed by atoms with van der Waals surface area (Å²) in [5.41, 5.74) is 5.63. The summed E-state index contributed by atoms with van der Waals surface area (Å²) < 4.78 is 25.1. The Hall–Kier alpha value is -4.14. The van der Waals surface area contributed by atoms with Crippen molar-refractivity contribution in [3.63, 3.8) is 0 Å². The van der Waals surface area contributed by atoms with Crippen molar-refractivity contribution in [1.82, 2.24) is 4.98 Å². The molecule has 7 N–H and O–H groups in total. The number of aromatic hydroxyl groups is 3. The summed E-state index contributed by atoms with van der Waals surface area (Å²) in [4.78, 5) is 3.27. The van der Waals surface area contributed by atoms with Crippen molar-refractivity contribution in [3.05, 3.63) is 82.7 Å². The number of hydrogen-bond acceptors (Lipinski definition) is 12. The van der Waals surface area contributed by atoms with Crippen LogP contribution in [0.5, 0.6) is 40.2 Å². The van der Waals surface area contributed by atoms with Crippen LogP contribution in [0.15, 0.2) is 54.9 Å². The Kier molecular flexibility index (Phi) is 10.9. The lowest BCUT2D eigenvalue weighted by molar-refractivity contribution is -0.124. The average molecular weight is 884 g/mol. The molecule has 4 aliphatic carbocycles. The van der Waals surface area contributed by atoms with Gasteiger partial charge in [0.2, 0.25) is 11.5 Å². The second-order valence-electron chi connectivity index (χ2n) is 18.7. The van der Waals surface area contributed by atoms with Crippen LogP contribution in [0, 0.1) is 17.8 Å². The summed E-state index contributed by atoms with van der Waals surface area (Å²) in [6, 6.07) is 11.1. The number of aliphatic hydroxyl groups excluding tert-OH is 3. The van der Waals surface area contributed by atoms with Crippen molar-refractivity contribution in [2.75, 3.05) is 33.5 Å². The molecule has 62 heavy (non-hydrogen) atoms. The minimum atomic E-state index is -1.51. The average Bonchev–Trinajstić information content (AvgIpc) is 3.81. The van der Waals surface area contributed by atoms with Crippen LogP contribution in [-0.4, -0.2) is 85.3 Å². The Bertz CT molecular complexity index is 2380. The standard InChI is InChI=1S/C49H57NO10S2/c1-25(2)8-14-58-39-21-36(44(54)46(57-3)45(39)55)49-11-10-48-9-6-26(28-16-29(27-7-12-50-23-27)18-31(17-28)61-62-48)19-33-34-20-30(53)4-5-32(34)40-37(59-15-13-51)22-38(60-49)42(43(48)47(49)56)41(40)35(33)24-52/h4-5,7,12,18,20-23,25-26,28,31,33,35,43,47,50-56H,6,8-11,13-17,19,24H2,1-3H3. The summed E-state index contributed by atoms with van der Waals surface area (Å²) in [7, 11) is 5.17. The maximum Gasteiger partial charge on any atom is 0.207 e. The van der Waals surface area contributed by atoms with Gasteiger partial charge in [-0.05, 0) is 127 Å². The van der Waals surface area contributed by atoms with Crippen molar-refractivity contribution in [3.8, 4) is 51.4 Å². The van der Waals surface area contributed by atoms with Gasteiger partial charge in [-0.1, -0.05) is 47.6 Å². The highest BCUT2D eigenvalue weighted by atomic mass is 33.1. The first kappa shape index (κ1) is 41.8. The van der Waals surface area contributed by atoms with Crippen LogP contribution in [0.25, 0.3) is 16.7 Å². The van der Waals surface area contributed by atoms with E-state index in [-0.39, 0.29) is 71.2 Å². The zero-order valence-corrected chi connectivity index (χ0v) is 37.1. The van der Waals surface area contributed by atoms with Gasteiger partial charge in [0.1, 0.15) is 30.0 Å². The maximum atomic E-state index is 13.5. The molecule has 6 aliphatic rings. The first-order chi connectivity index (χ1) is 30.0. The first-order valence-electron chi connectivity index (χ1n) is 22.2. The highest BCUT2D eigenvalue weighted by Crippen LogP contribution is 2.71. The lowest BCUT2D eigenvalue weighted by atomic mass is 9.56. The first-order valence-corrected chi connectivity index (χ1v) is 24.4. The second kappa shape index (κ2) is 16.1. The quantitative estimate of drug-likeness (QED) is 0.0714. The molecule has 11 nitrogen and oxygen atoms in total. The van der Waals surface area contributed by atoms with E-state index < -0.39 is 28.3 Å². The molecule has 3 heterocycles. The van der Waals surface area contributed by atoms with Crippen LogP contribution < -0.4 is 18.9 Å². The number of hydrogen-bond donors (Lipinski definition) is 7. The highest BCUT2D eigenvalue weighted by Gasteiger charge is 2.65. The monoisotopic (exact) mass is 883 g/mol. The lowest BCUT2D eigenvalue weighted by Crippen LogP contribution is -2.61. The van der Waals surface area contributed by atoms with Crippen LogP contribution >= 0.6 is 21.6 Å². The molecule has 1 spiro atoms. The van der Waals surface area contributed by atoms with Crippen molar-refractivity contribution in [2.24, 2.45) is 17.8 Å². The normalized spacial score (nSPS) is 30.4. The topological polar surface area (TPSA) is 174 Å². The van der Waals surface area contributed by atoms with E-state index in [4.69, 9.17) is 18.9 Å². The molecule has 10 rings (SSSR count). The number of benzene rings is 3. The summed E-state index contributed by atoms with van der Waals surface area (Å²) >= 11 is 0. The number of aromatic nitrogens is 1. The fraction of sp³-hybridized carbons (Fsp3) is 0.510. The maximum absolute atomic E-state index is 13.5. The van der Waals surface area contributed by atoms with Gasteiger partial charge in [0.05, 0.1) is 26.9 Å². The van der Waals surface area contributed by atoms with Gasteiger partial charge in [-0.3, -0.25) is 0 Å². The Morgan fingerprint density at radius 2 is 1.77 bits per heavy atom. The number of rotatable bonds is 11. The zero-order valence-electron chi connectivity index (χ0n) is 35.4. The molecule has 1 saturated heterocycles. The van der Waals surface area contributed by atoms with Crippen LogP contribution in [-0.2, 0) is 5.60 Å². The molecule has 1 saturated carbocycles. The molecule has 9 unspecified atom stereocenters. The number of allylic oxidation sites excluding steroid dienone is 1. The van der Waals surface area contributed by atoms with E-state index in [0.717, 1.165) is 66.3 Å². The summed E-state index contributed by atoms with van der Waals surface area (Å²) in [5, 5.41) is 70.2. The van der Waals surface area contributed by atoms with Crippen LogP contribution in [0.2, 0.25) is 0 Å². The minimum absolute atomic E-state index is 0.00807. The van der Waals surface area contributed by atoms with E-state index in [0.29, 0.717) is 42.8 Å². The largest absolute Gasteiger partial charge is 0.508 e. The smallest absolute Gasteiger partial charge is 0.207 e. The van der Waals surface area contributed by atoms with Crippen molar-refractivity contribution < 1.29 is 49.6 Å². The predicted molar refractivity (Wildman–Crippen MR) is 241 cm³/mol. The third-order valence-electron chi connectivity index (χ3n) is 15.0. The number of aliphatic hydroxyl groups is 3. The number of ether oxygens (including phenoxy) is 4. The fourth-order valence-corrected chi connectivity index (χ4v) is 15.8. The molecule has 2 aliphatic heterocycles. The molecule has 3 aromatic carbocycles. The summed E-state index contributed by atoms with van der Waals surface area (Å²) in [5.74, 6) is 0.254. The molecule has 0 amide bonds. The Balaban J connectivity index is 1.24. The van der Waals surface area contributed by atoms with E-state index in [1.165, 1.54) is 18.2 Å². The van der Waals surface area contributed by atoms with Crippen molar-refractivity contribution in [2.45, 2.75) is 105 Å². The molecule has 0 radical (unpaired) electrons. The zero-order chi connectivity index (χ0) is 43.1. The van der Waals surface area contributed by atoms with E-state index in [1.54, 1.807) is 12.1 Å². The minimum Gasteiger partial charge on any atom is -0.508 e. The third kappa shape index (κ3) is 6.58. The predicted octanol–water partition coefficient (Wildman–Crippen LogP) is 9.10. The fourth-order valence-electron chi connectivity index (χ4n) is 12.1. The SMILES string of the molecule is COc1c(O)c(OCCC(C)C)cc(C23CCC45CCC(CC6c7cc(O)ccc7-c7c(OCCO)cc(c(c7C6CO)C4C2O)O3)C2CC(c3cc[nH]c3)=CC(C2)SS5)c1O. The summed E-state index contributed by atoms with van der Waals surface area (Å²) in [6.45, 7) is 4.10. The van der Waals surface area contributed by atoms with Crippen molar-refractivity contribution >= 4 is 27.2 Å². The van der Waals surface area contributed by atoms with Gasteiger partial charge in [0.15, 0.2) is 17.1 Å². The molecule has 330 valence electrons. The molecule has 2 fully saturated rings. The highest BCUT2D eigenvalue weighted by molar-refractivity contribution is 8.77. The number of phenols is 3. The number of H-pyrrole nitrogens is 1. The third-order valence-corrected chi connectivity index (χ3v) is 18.7. The molecule has 8 bridgehead atoms. The van der Waals surface area contributed by atoms with Gasteiger partial charge in [0, 0.05) is 57.0 Å². The molecular formula is C49H57NO10S2. The van der Waals surface area contributed by atoms with Crippen LogP contribution in [0.4, 0.5) is 0 Å². The van der Waals surface area contributed by atoms with E-state index in [1.807, 2.05) is 46.0 Å².